The van der Waals surface area contributed by atoms with Gasteiger partial charge in [0.15, 0.2) is 5.96 Å². The van der Waals surface area contributed by atoms with Gasteiger partial charge in [-0.25, -0.2) is 4.99 Å². The lowest BCUT2D eigenvalue weighted by molar-refractivity contribution is 0.181. The molecule has 0 aromatic heterocycles. The molecule has 1 saturated heterocycles. The molecule has 0 aliphatic carbocycles. The number of aliphatic imine (C=N–C) groups is 1. The summed E-state index contributed by atoms with van der Waals surface area (Å²) in [5, 5.41) is 4.08. The van der Waals surface area contributed by atoms with Gasteiger partial charge < -0.3 is 15.0 Å². The molecular weight excluding hydrogens is 366 g/mol. The van der Waals surface area contributed by atoms with Crippen LogP contribution in [0.15, 0.2) is 27.7 Å². The highest BCUT2D eigenvalue weighted by Gasteiger charge is 2.19. The van der Waals surface area contributed by atoms with Crippen LogP contribution >= 0.6 is 27.5 Å². The zero-order valence-corrected chi connectivity index (χ0v) is 15.5. The monoisotopic (exact) mass is 387 g/mol. The van der Waals surface area contributed by atoms with E-state index in [0.717, 1.165) is 53.7 Å². The van der Waals surface area contributed by atoms with Gasteiger partial charge in [0.2, 0.25) is 0 Å². The van der Waals surface area contributed by atoms with Crippen LogP contribution in [-0.4, -0.2) is 44.2 Å². The lowest BCUT2D eigenvalue weighted by Gasteiger charge is -2.24. The molecule has 0 amide bonds. The van der Waals surface area contributed by atoms with Crippen LogP contribution in [-0.2, 0) is 11.3 Å². The van der Waals surface area contributed by atoms with E-state index < -0.39 is 0 Å². The number of rotatable bonds is 5. The van der Waals surface area contributed by atoms with E-state index in [2.05, 4.69) is 40.1 Å². The molecule has 1 N–H and O–H groups in total. The largest absolute Gasteiger partial charge is 0.381 e. The number of nitrogens with one attached hydrogen (secondary N) is 1. The number of benzene rings is 1. The molecule has 1 unspecified atom stereocenters. The molecule has 1 heterocycles. The second kappa shape index (κ2) is 8.75. The van der Waals surface area contributed by atoms with Gasteiger partial charge in [0.05, 0.1) is 13.2 Å². The van der Waals surface area contributed by atoms with E-state index >= 15 is 0 Å². The predicted octanol–water partition coefficient (Wildman–Crippen LogP) is 3.54. The Balaban J connectivity index is 2.01. The van der Waals surface area contributed by atoms with Crippen LogP contribution in [0, 0.1) is 5.92 Å². The summed E-state index contributed by atoms with van der Waals surface area (Å²) in [6.07, 6.45) is 1.13. The Bertz CT molecular complexity index is 518. The molecule has 0 bridgehead atoms. The molecule has 4 nitrogen and oxygen atoms in total. The summed E-state index contributed by atoms with van der Waals surface area (Å²) >= 11 is 9.68. The van der Waals surface area contributed by atoms with Crippen LogP contribution in [0.3, 0.4) is 0 Å². The SMILES string of the molecule is CCNC(=NCc1ccc(Br)cc1Cl)N(C)CC1CCOC1. The molecule has 1 fully saturated rings. The van der Waals surface area contributed by atoms with Crippen molar-refractivity contribution < 1.29 is 4.74 Å². The number of hydrogen-bond acceptors (Lipinski definition) is 2. The maximum atomic E-state index is 6.26. The van der Waals surface area contributed by atoms with E-state index in [1.807, 2.05) is 18.2 Å². The van der Waals surface area contributed by atoms with Crippen LogP contribution in [0.1, 0.15) is 18.9 Å². The minimum Gasteiger partial charge on any atom is -0.381 e. The average Bonchev–Trinajstić information content (AvgIpc) is 2.97. The molecule has 0 saturated carbocycles. The van der Waals surface area contributed by atoms with Crippen molar-refractivity contribution >= 4 is 33.5 Å². The van der Waals surface area contributed by atoms with E-state index in [0.29, 0.717) is 12.5 Å². The quantitative estimate of drug-likeness (QED) is 0.619. The smallest absolute Gasteiger partial charge is 0.193 e. The van der Waals surface area contributed by atoms with Crippen molar-refractivity contribution in [3.63, 3.8) is 0 Å². The van der Waals surface area contributed by atoms with Gasteiger partial charge in [-0.3, -0.25) is 0 Å². The van der Waals surface area contributed by atoms with E-state index in [1.54, 1.807) is 0 Å². The normalized spacial score (nSPS) is 18.5. The minimum atomic E-state index is 0.569. The summed E-state index contributed by atoms with van der Waals surface area (Å²) in [5.41, 5.74) is 1.03. The number of hydrogen-bond donors (Lipinski definition) is 1. The van der Waals surface area contributed by atoms with Crippen LogP contribution < -0.4 is 5.32 Å². The molecule has 1 aliphatic rings. The zero-order chi connectivity index (χ0) is 15.9. The Labute approximate surface area is 146 Å². The number of ether oxygens (including phenoxy) is 1. The Morgan fingerprint density at radius 3 is 3.00 bits per heavy atom. The van der Waals surface area contributed by atoms with Gasteiger partial charge in [0, 0.05) is 42.2 Å². The summed E-state index contributed by atoms with van der Waals surface area (Å²) in [6.45, 7) is 6.18. The van der Waals surface area contributed by atoms with E-state index in [4.69, 9.17) is 21.3 Å². The molecule has 1 atom stereocenters. The van der Waals surface area contributed by atoms with Gasteiger partial charge in [-0.05, 0) is 31.0 Å². The lowest BCUT2D eigenvalue weighted by atomic mass is 10.1. The molecule has 122 valence electrons. The molecule has 1 aromatic carbocycles. The lowest BCUT2D eigenvalue weighted by Crippen LogP contribution is -2.41. The zero-order valence-electron chi connectivity index (χ0n) is 13.1. The van der Waals surface area contributed by atoms with Crippen LogP contribution in [0.25, 0.3) is 0 Å². The molecule has 6 heteroatoms. The molecule has 1 aliphatic heterocycles. The van der Waals surface area contributed by atoms with Crippen molar-refractivity contribution in [2.75, 3.05) is 33.4 Å². The molecule has 2 rings (SSSR count). The van der Waals surface area contributed by atoms with Crippen molar-refractivity contribution in [1.29, 1.82) is 0 Å². The number of halogens is 2. The standard InChI is InChI=1S/C16H23BrClN3O/c1-3-19-16(21(2)10-12-6-7-22-11-12)20-9-13-4-5-14(17)8-15(13)18/h4-5,8,12H,3,6-7,9-11H2,1-2H3,(H,19,20). The fraction of sp³-hybridized carbons (Fsp3) is 0.562. The van der Waals surface area contributed by atoms with Crippen LogP contribution in [0.5, 0.6) is 0 Å². The maximum Gasteiger partial charge on any atom is 0.193 e. The van der Waals surface area contributed by atoms with E-state index in [9.17, 15) is 0 Å². The highest BCUT2D eigenvalue weighted by atomic mass is 79.9. The Morgan fingerprint density at radius 1 is 1.55 bits per heavy atom. The fourth-order valence-electron chi connectivity index (χ4n) is 2.48. The van der Waals surface area contributed by atoms with Gasteiger partial charge >= 0.3 is 0 Å². The second-order valence-electron chi connectivity index (χ2n) is 5.52. The third kappa shape index (κ3) is 5.14. The first-order chi connectivity index (χ1) is 10.6. The average molecular weight is 389 g/mol. The second-order valence-corrected chi connectivity index (χ2v) is 6.84. The van der Waals surface area contributed by atoms with Crippen LogP contribution in [0.2, 0.25) is 5.02 Å². The predicted molar refractivity (Wildman–Crippen MR) is 95.5 cm³/mol. The number of guanidine groups is 1. The van der Waals surface area contributed by atoms with Gasteiger partial charge in [0.25, 0.3) is 0 Å². The first kappa shape index (κ1) is 17.6. The molecule has 0 radical (unpaired) electrons. The van der Waals surface area contributed by atoms with Crippen molar-refractivity contribution in [2.45, 2.75) is 19.9 Å². The number of nitrogens with zero attached hydrogens (tertiary/aromatic N) is 2. The highest BCUT2D eigenvalue weighted by Crippen LogP contribution is 2.22. The summed E-state index contributed by atoms with van der Waals surface area (Å²) < 4.78 is 6.43. The molecule has 0 spiro atoms. The molecule has 1 aromatic rings. The minimum absolute atomic E-state index is 0.569. The van der Waals surface area contributed by atoms with Crippen LogP contribution in [0.4, 0.5) is 0 Å². The highest BCUT2D eigenvalue weighted by molar-refractivity contribution is 9.10. The fourth-order valence-corrected chi connectivity index (χ4v) is 3.21. The van der Waals surface area contributed by atoms with Gasteiger partial charge in [0.1, 0.15) is 0 Å². The van der Waals surface area contributed by atoms with Gasteiger partial charge in [-0.15, -0.1) is 0 Å². The summed E-state index contributed by atoms with van der Waals surface area (Å²) in [5.74, 6) is 1.50. The van der Waals surface area contributed by atoms with Crippen molar-refractivity contribution in [2.24, 2.45) is 10.9 Å². The van der Waals surface area contributed by atoms with Crippen molar-refractivity contribution in [3.05, 3.63) is 33.3 Å². The Hall–Kier alpha value is -0.780. The molecule has 22 heavy (non-hydrogen) atoms. The summed E-state index contributed by atoms with van der Waals surface area (Å²) in [6, 6.07) is 5.90. The maximum absolute atomic E-state index is 6.26. The van der Waals surface area contributed by atoms with E-state index in [-0.39, 0.29) is 0 Å². The first-order valence-corrected chi connectivity index (χ1v) is 8.78. The Morgan fingerprint density at radius 2 is 2.36 bits per heavy atom. The van der Waals surface area contributed by atoms with Gasteiger partial charge in [-0.2, -0.15) is 0 Å². The summed E-state index contributed by atoms with van der Waals surface area (Å²) in [4.78, 5) is 6.88. The third-order valence-corrected chi connectivity index (χ3v) is 4.51. The van der Waals surface area contributed by atoms with Crippen molar-refractivity contribution in [3.8, 4) is 0 Å². The first-order valence-electron chi connectivity index (χ1n) is 7.61. The van der Waals surface area contributed by atoms with E-state index in [1.165, 1.54) is 0 Å². The molecular formula is C16H23BrClN3O. The Kier molecular flexibility index (Phi) is 6.99. The van der Waals surface area contributed by atoms with Gasteiger partial charge in [-0.1, -0.05) is 33.6 Å². The topological polar surface area (TPSA) is 36.9 Å². The summed E-state index contributed by atoms with van der Waals surface area (Å²) in [7, 11) is 2.07. The van der Waals surface area contributed by atoms with Crippen molar-refractivity contribution in [1.82, 2.24) is 10.2 Å². The third-order valence-electron chi connectivity index (χ3n) is 3.67.